The maximum absolute atomic E-state index is 5.17. The Balaban J connectivity index is 1.03. The minimum Gasteiger partial charge on any atom is -0.292 e. The summed E-state index contributed by atoms with van der Waals surface area (Å²) in [7, 11) is 0. The summed E-state index contributed by atoms with van der Waals surface area (Å²) in [4.78, 5) is 25.6. The van der Waals surface area contributed by atoms with E-state index < -0.39 is 0 Å². The van der Waals surface area contributed by atoms with E-state index in [0.29, 0.717) is 17.5 Å². The molecule has 0 saturated heterocycles. The molecule has 0 fully saturated rings. The second kappa shape index (κ2) is 14.9. The molecule has 60 heavy (non-hydrogen) atoms. The minimum absolute atomic E-state index is 0.580. The Morgan fingerprint density at radius 2 is 0.617 bits per heavy atom. The lowest BCUT2D eigenvalue weighted by Crippen LogP contribution is -2.01. The lowest BCUT2D eigenvalue weighted by atomic mass is 9.99. The number of hydrogen-bond acceptors (Lipinski definition) is 5. The van der Waals surface area contributed by atoms with Crippen LogP contribution in [0, 0.1) is 0 Å². The Bertz CT molecular complexity index is 3100. The molecule has 0 amide bonds. The first-order valence-electron chi connectivity index (χ1n) is 19.9. The molecule has 0 aliphatic carbocycles. The topological polar surface area (TPSA) is 74.3 Å². The first-order chi connectivity index (χ1) is 29.7. The van der Waals surface area contributed by atoms with Crippen LogP contribution in [0.1, 0.15) is 0 Å². The van der Waals surface area contributed by atoms with Gasteiger partial charge in [-0.2, -0.15) is 0 Å². The molecule has 0 atom stereocenters. The third kappa shape index (κ3) is 6.31. The highest BCUT2D eigenvalue weighted by Gasteiger charge is 2.19. The fraction of sp³-hybridized carbons (Fsp3) is 0. The standard InChI is InChI=1S/C53H35N7/c1-4-16-36(17-5-1)43-22-10-11-23-44(43)51-57-49(37-28-32-39(33-29-37)52-54-45-24-12-14-26-47(45)59(52)41-18-6-2-7-19-41)56-50(58-51)38-30-34-40(35-31-38)53-55-46-25-13-15-27-48(46)60(53)42-20-8-3-9-21-42/h1-35H. The van der Waals surface area contributed by atoms with Gasteiger partial charge in [-0.15, -0.1) is 0 Å². The van der Waals surface area contributed by atoms with E-state index in [0.717, 1.165) is 84.0 Å². The van der Waals surface area contributed by atoms with E-state index in [4.69, 9.17) is 24.9 Å². The number of benzene rings is 8. The summed E-state index contributed by atoms with van der Waals surface area (Å²) < 4.78 is 4.42. The average molecular weight is 770 g/mol. The van der Waals surface area contributed by atoms with Crippen LogP contribution in [0.5, 0.6) is 0 Å². The van der Waals surface area contributed by atoms with Gasteiger partial charge in [0, 0.05) is 39.2 Å². The Labute approximate surface area is 346 Å². The van der Waals surface area contributed by atoms with Crippen LogP contribution in [-0.4, -0.2) is 34.1 Å². The molecular formula is C53H35N7. The van der Waals surface area contributed by atoms with Crippen molar-refractivity contribution in [2.75, 3.05) is 0 Å². The number of nitrogens with zero attached hydrogens (tertiary/aromatic N) is 7. The van der Waals surface area contributed by atoms with Gasteiger partial charge in [0.15, 0.2) is 17.5 Å². The third-order valence-electron chi connectivity index (χ3n) is 10.8. The summed E-state index contributed by atoms with van der Waals surface area (Å²) in [5.74, 6) is 3.48. The molecule has 0 saturated carbocycles. The van der Waals surface area contributed by atoms with Gasteiger partial charge in [-0.25, -0.2) is 24.9 Å². The summed E-state index contributed by atoms with van der Waals surface area (Å²) >= 11 is 0. The van der Waals surface area contributed by atoms with Crippen molar-refractivity contribution in [2.24, 2.45) is 0 Å². The van der Waals surface area contributed by atoms with E-state index >= 15 is 0 Å². The molecule has 11 rings (SSSR count). The molecule has 7 heteroatoms. The Morgan fingerprint density at radius 3 is 1.10 bits per heavy atom. The van der Waals surface area contributed by atoms with Crippen LogP contribution in [0.15, 0.2) is 212 Å². The van der Waals surface area contributed by atoms with Crippen molar-refractivity contribution in [1.82, 2.24) is 34.1 Å². The fourth-order valence-corrected chi connectivity index (χ4v) is 7.95. The van der Waals surface area contributed by atoms with E-state index in [-0.39, 0.29) is 0 Å². The average Bonchev–Trinajstić information content (AvgIpc) is 3.92. The smallest absolute Gasteiger partial charge is 0.164 e. The molecule has 0 unspecified atom stereocenters. The maximum Gasteiger partial charge on any atom is 0.164 e. The number of para-hydroxylation sites is 6. The zero-order chi connectivity index (χ0) is 39.8. The third-order valence-corrected chi connectivity index (χ3v) is 10.8. The van der Waals surface area contributed by atoms with E-state index in [1.807, 2.05) is 36.4 Å². The van der Waals surface area contributed by atoms with E-state index in [9.17, 15) is 0 Å². The predicted octanol–water partition coefficient (Wildman–Crippen LogP) is 12.6. The van der Waals surface area contributed by atoms with Gasteiger partial charge in [0.05, 0.1) is 22.1 Å². The molecule has 0 aliphatic heterocycles. The largest absolute Gasteiger partial charge is 0.292 e. The molecule has 8 aromatic carbocycles. The van der Waals surface area contributed by atoms with Crippen molar-refractivity contribution in [3.8, 4) is 79.4 Å². The van der Waals surface area contributed by atoms with Gasteiger partial charge in [0.2, 0.25) is 0 Å². The molecule has 3 aromatic heterocycles. The molecule has 282 valence electrons. The van der Waals surface area contributed by atoms with E-state index in [1.54, 1.807) is 0 Å². The normalized spacial score (nSPS) is 11.3. The molecule has 0 N–H and O–H groups in total. The summed E-state index contributed by atoms with van der Waals surface area (Å²) in [5, 5.41) is 0. The predicted molar refractivity (Wildman–Crippen MR) is 242 cm³/mol. The highest BCUT2D eigenvalue weighted by Crippen LogP contribution is 2.35. The molecule has 0 radical (unpaired) electrons. The van der Waals surface area contributed by atoms with Crippen molar-refractivity contribution in [2.45, 2.75) is 0 Å². The first kappa shape index (κ1) is 34.9. The van der Waals surface area contributed by atoms with Crippen molar-refractivity contribution in [3.63, 3.8) is 0 Å². The van der Waals surface area contributed by atoms with Crippen LogP contribution in [-0.2, 0) is 0 Å². The molecule has 3 heterocycles. The van der Waals surface area contributed by atoms with Gasteiger partial charge in [-0.05, 0) is 59.7 Å². The fourth-order valence-electron chi connectivity index (χ4n) is 7.95. The van der Waals surface area contributed by atoms with Crippen LogP contribution in [0.2, 0.25) is 0 Å². The van der Waals surface area contributed by atoms with Crippen molar-refractivity contribution < 1.29 is 0 Å². The molecule has 7 nitrogen and oxygen atoms in total. The van der Waals surface area contributed by atoms with Gasteiger partial charge in [0.25, 0.3) is 0 Å². The molecule has 0 spiro atoms. The number of imidazole rings is 2. The van der Waals surface area contributed by atoms with Crippen molar-refractivity contribution >= 4 is 22.1 Å². The molecular weight excluding hydrogens is 735 g/mol. The number of hydrogen-bond donors (Lipinski definition) is 0. The van der Waals surface area contributed by atoms with Crippen LogP contribution in [0.4, 0.5) is 0 Å². The Hall–Kier alpha value is -8.29. The quantitative estimate of drug-likeness (QED) is 0.154. The van der Waals surface area contributed by atoms with Gasteiger partial charge in [-0.1, -0.05) is 164 Å². The van der Waals surface area contributed by atoms with Gasteiger partial charge in [-0.3, -0.25) is 9.13 Å². The first-order valence-corrected chi connectivity index (χ1v) is 19.9. The molecule has 0 bridgehead atoms. The SMILES string of the molecule is c1ccc(-c2ccccc2-c2nc(-c3ccc(-c4nc5ccccc5n4-c4ccccc4)cc3)nc(-c3ccc(-c4nc5ccccc5n4-c4ccccc4)cc3)n2)cc1. The molecule has 0 aliphatic rings. The molecule has 11 aromatic rings. The van der Waals surface area contributed by atoms with Gasteiger partial charge in [0.1, 0.15) is 11.6 Å². The van der Waals surface area contributed by atoms with Crippen molar-refractivity contribution in [1.29, 1.82) is 0 Å². The Kier molecular flexibility index (Phi) is 8.67. The van der Waals surface area contributed by atoms with E-state index in [2.05, 4.69) is 185 Å². The summed E-state index contributed by atoms with van der Waals surface area (Å²) in [5.41, 5.74) is 12.9. The Morgan fingerprint density at radius 1 is 0.250 bits per heavy atom. The highest BCUT2D eigenvalue weighted by molar-refractivity contribution is 5.86. The second-order valence-electron chi connectivity index (χ2n) is 14.6. The second-order valence-corrected chi connectivity index (χ2v) is 14.6. The number of fused-ring (bicyclic) bond motifs is 2. The van der Waals surface area contributed by atoms with E-state index in [1.165, 1.54) is 0 Å². The number of rotatable bonds is 8. The lowest BCUT2D eigenvalue weighted by molar-refractivity contribution is 1.07. The van der Waals surface area contributed by atoms with Crippen LogP contribution < -0.4 is 0 Å². The van der Waals surface area contributed by atoms with Crippen LogP contribution in [0.25, 0.3) is 102 Å². The maximum atomic E-state index is 5.17. The summed E-state index contributed by atoms with van der Waals surface area (Å²) in [6.45, 7) is 0. The summed E-state index contributed by atoms with van der Waals surface area (Å²) in [6.07, 6.45) is 0. The zero-order valence-electron chi connectivity index (χ0n) is 32.3. The number of aromatic nitrogens is 7. The summed E-state index contributed by atoms with van der Waals surface area (Å²) in [6, 6.07) is 72.6. The minimum atomic E-state index is 0.580. The van der Waals surface area contributed by atoms with Crippen LogP contribution in [0.3, 0.4) is 0 Å². The van der Waals surface area contributed by atoms with Crippen molar-refractivity contribution in [3.05, 3.63) is 212 Å². The van der Waals surface area contributed by atoms with Gasteiger partial charge < -0.3 is 0 Å². The van der Waals surface area contributed by atoms with Crippen LogP contribution >= 0.6 is 0 Å². The zero-order valence-corrected chi connectivity index (χ0v) is 32.3. The highest BCUT2D eigenvalue weighted by atomic mass is 15.1. The monoisotopic (exact) mass is 769 g/mol. The van der Waals surface area contributed by atoms with Gasteiger partial charge >= 0.3 is 0 Å². The lowest BCUT2D eigenvalue weighted by Gasteiger charge is -2.13.